The Balaban J connectivity index is 0.00000288. The first-order chi connectivity index (χ1) is 11.2. The van der Waals surface area contributed by atoms with E-state index >= 15 is 0 Å². The normalized spacial score (nSPS) is 15.3. The first kappa shape index (κ1) is 20.7. The molecule has 24 heavy (non-hydrogen) atoms. The quantitative estimate of drug-likeness (QED) is 0.433. The van der Waals surface area contributed by atoms with Crippen molar-refractivity contribution in [3.8, 4) is 6.07 Å². The molecule has 0 radical (unpaired) electrons. The molecule has 0 saturated carbocycles. The molecule has 1 aromatic carbocycles. The average molecular weight is 442 g/mol. The third-order valence-corrected chi connectivity index (χ3v) is 4.32. The van der Waals surface area contributed by atoms with Crippen molar-refractivity contribution < 1.29 is 4.74 Å². The van der Waals surface area contributed by atoms with Crippen LogP contribution in [0, 0.1) is 17.2 Å². The Bertz CT molecular complexity index is 547. The summed E-state index contributed by atoms with van der Waals surface area (Å²) in [6.45, 7) is 3.51. The van der Waals surface area contributed by atoms with E-state index in [-0.39, 0.29) is 24.0 Å². The standard InChI is InChI=1S/C18H26N4O.HI/c1-20-18(21-14-17-5-3-16(13-19)4-6-17)22(2)10-7-15-8-11-23-12-9-15;/h3-6,15H,7-12,14H2,1-2H3,(H,20,21);1H. The minimum atomic E-state index is 0. The second kappa shape index (κ2) is 11.3. The van der Waals surface area contributed by atoms with E-state index in [4.69, 9.17) is 10.00 Å². The van der Waals surface area contributed by atoms with Crippen molar-refractivity contribution in [3.63, 3.8) is 0 Å². The Hall–Kier alpha value is -1.33. The summed E-state index contributed by atoms with van der Waals surface area (Å²) in [6.07, 6.45) is 3.52. The van der Waals surface area contributed by atoms with Crippen LogP contribution in [0.1, 0.15) is 30.4 Å². The van der Waals surface area contributed by atoms with Gasteiger partial charge in [0.25, 0.3) is 0 Å². The Morgan fingerprint density at radius 2 is 2.00 bits per heavy atom. The molecule has 1 heterocycles. The highest BCUT2D eigenvalue weighted by molar-refractivity contribution is 14.0. The number of nitrogens with one attached hydrogen (secondary N) is 1. The van der Waals surface area contributed by atoms with Gasteiger partial charge >= 0.3 is 0 Å². The molecule has 1 N–H and O–H groups in total. The fourth-order valence-corrected chi connectivity index (χ4v) is 2.78. The van der Waals surface area contributed by atoms with Crippen LogP contribution >= 0.6 is 24.0 Å². The lowest BCUT2D eigenvalue weighted by atomic mass is 9.96. The van der Waals surface area contributed by atoms with Gasteiger partial charge in [0.15, 0.2) is 5.96 Å². The molecule has 0 unspecified atom stereocenters. The molecular weight excluding hydrogens is 415 g/mol. The van der Waals surface area contributed by atoms with Gasteiger partial charge in [-0.1, -0.05) is 12.1 Å². The minimum Gasteiger partial charge on any atom is -0.381 e. The number of aliphatic imine (C=N–C) groups is 1. The van der Waals surface area contributed by atoms with Gasteiger partial charge in [0.2, 0.25) is 0 Å². The number of halogens is 1. The van der Waals surface area contributed by atoms with Crippen molar-refractivity contribution >= 4 is 29.9 Å². The molecule has 0 spiro atoms. The first-order valence-electron chi connectivity index (χ1n) is 8.21. The summed E-state index contributed by atoms with van der Waals surface area (Å²) >= 11 is 0. The topological polar surface area (TPSA) is 60.7 Å². The first-order valence-corrected chi connectivity index (χ1v) is 8.21. The fourth-order valence-electron chi connectivity index (χ4n) is 2.78. The summed E-state index contributed by atoms with van der Waals surface area (Å²) in [5.41, 5.74) is 1.83. The van der Waals surface area contributed by atoms with Crippen LogP contribution < -0.4 is 5.32 Å². The Labute approximate surface area is 162 Å². The fraction of sp³-hybridized carbons (Fsp3) is 0.556. The third kappa shape index (κ3) is 6.65. The highest BCUT2D eigenvalue weighted by Gasteiger charge is 2.15. The molecule has 1 aliphatic rings. The molecule has 2 rings (SSSR count). The smallest absolute Gasteiger partial charge is 0.193 e. The molecule has 0 aliphatic carbocycles. The lowest BCUT2D eigenvalue weighted by Crippen LogP contribution is -2.39. The van der Waals surface area contributed by atoms with Gasteiger partial charge in [0.05, 0.1) is 11.6 Å². The minimum absolute atomic E-state index is 0. The maximum absolute atomic E-state index is 8.82. The van der Waals surface area contributed by atoms with E-state index in [0.717, 1.165) is 37.2 Å². The van der Waals surface area contributed by atoms with Crippen molar-refractivity contribution in [2.45, 2.75) is 25.8 Å². The molecule has 132 valence electrons. The van der Waals surface area contributed by atoms with E-state index < -0.39 is 0 Å². The van der Waals surface area contributed by atoms with Gasteiger partial charge in [-0.05, 0) is 42.9 Å². The van der Waals surface area contributed by atoms with Crippen LogP contribution in [-0.4, -0.2) is 44.7 Å². The summed E-state index contributed by atoms with van der Waals surface area (Å²) < 4.78 is 5.41. The van der Waals surface area contributed by atoms with Crippen LogP contribution in [0.4, 0.5) is 0 Å². The van der Waals surface area contributed by atoms with Crippen LogP contribution in [0.3, 0.4) is 0 Å². The van der Waals surface area contributed by atoms with Crippen LogP contribution in [0.5, 0.6) is 0 Å². The highest BCUT2D eigenvalue weighted by Crippen LogP contribution is 2.18. The van der Waals surface area contributed by atoms with E-state index in [0.29, 0.717) is 12.1 Å². The number of ether oxygens (including phenoxy) is 1. The molecule has 1 aliphatic heterocycles. The number of benzene rings is 1. The summed E-state index contributed by atoms with van der Waals surface area (Å²) in [5.74, 6) is 1.67. The number of guanidine groups is 1. The molecule has 6 heteroatoms. The Morgan fingerprint density at radius 3 is 2.58 bits per heavy atom. The predicted octanol–water partition coefficient (Wildman–Crippen LogP) is 3.00. The second-order valence-electron chi connectivity index (χ2n) is 5.98. The zero-order valence-electron chi connectivity index (χ0n) is 14.5. The largest absolute Gasteiger partial charge is 0.381 e. The molecule has 0 aromatic heterocycles. The SMILES string of the molecule is CN=C(NCc1ccc(C#N)cc1)N(C)CCC1CCOCC1.I. The Kier molecular flexibility index (Phi) is 9.72. The maximum Gasteiger partial charge on any atom is 0.193 e. The predicted molar refractivity (Wildman–Crippen MR) is 108 cm³/mol. The van der Waals surface area contributed by atoms with Crippen molar-refractivity contribution in [1.29, 1.82) is 5.26 Å². The van der Waals surface area contributed by atoms with E-state index in [1.807, 2.05) is 31.3 Å². The molecular formula is C18H27IN4O. The Morgan fingerprint density at radius 1 is 1.33 bits per heavy atom. The zero-order valence-corrected chi connectivity index (χ0v) is 16.8. The number of nitriles is 1. The summed E-state index contributed by atoms with van der Waals surface area (Å²) in [4.78, 5) is 6.53. The number of hydrogen-bond acceptors (Lipinski definition) is 3. The van der Waals surface area contributed by atoms with Gasteiger partial charge in [-0.25, -0.2) is 0 Å². The maximum atomic E-state index is 8.82. The molecule has 0 atom stereocenters. The molecule has 1 aromatic rings. The van der Waals surface area contributed by atoms with Crippen LogP contribution in [-0.2, 0) is 11.3 Å². The van der Waals surface area contributed by atoms with E-state index in [1.165, 1.54) is 19.3 Å². The third-order valence-electron chi connectivity index (χ3n) is 4.32. The van der Waals surface area contributed by atoms with Gasteiger partial charge in [0, 0.05) is 40.4 Å². The second-order valence-corrected chi connectivity index (χ2v) is 5.98. The van der Waals surface area contributed by atoms with Crippen LogP contribution in [0.25, 0.3) is 0 Å². The summed E-state index contributed by atoms with van der Waals surface area (Å²) in [7, 11) is 3.89. The average Bonchev–Trinajstić information content (AvgIpc) is 2.62. The zero-order chi connectivity index (χ0) is 16.5. The lowest BCUT2D eigenvalue weighted by molar-refractivity contribution is 0.0625. The molecule has 0 bridgehead atoms. The van der Waals surface area contributed by atoms with Crippen molar-refractivity contribution in [3.05, 3.63) is 35.4 Å². The molecule has 0 amide bonds. The summed E-state index contributed by atoms with van der Waals surface area (Å²) in [6, 6.07) is 9.76. The van der Waals surface area contributed by atoms with Crippen molar-refractivity contribution in [2.75, 3.05) is 33.9 Å². The van der Waals surface area contributed by atoms with Gasteiger partial charge in [-0.3, -0.25) is 4.99 Å². The van der Waals surface area contributed by atoms with E-state index in [2.05, 4.69) is 28.3 Å². The van der Waals surface area contributed by atoms with Gasteiger partial charge in [-0.2, -0.15) is 5.26 Å². The van der Waals surface area contributed by atoms with Crippen LogP contribution in [0.2, 0.25) is 0 Å². The van der Waals surface area contributed by atoms with Gasteiger partial charge in [0.1, 0.15) is 0 Å². The molecule has 1 saturated heterocycles. The van der Waals surface area contributed by atoms with Crippen molar-refractivity contribution in [2.24, 2.45) is 10.9 Å². The van der Waals surface area contributed by atoms with Gasteiger partial charge < -0.3 is 15.0 Å². The van der Waals surface area contributed by atoms with E-state index in [1.54, 1.807) is 0 Å². The molecule has 1 fully saturated rings. The summed E-state index contributed by atoms with van der Waals surface area (Å²) in [5, 5.41) is 12.2. The number of rotatable bonds is 5. The lowest BCUT2D eigenvalue weighted by Gasteiger charge is -2.26. The van der Waals surface area contributed by atoms with E-state index in [9.17, 15) is 0 Å². The molecule has 5 nitrogen and oxygen atoms in total. The monoisotopic (exact) mass is 442 g/mol. The van der Waals surface area contributed by atoms with Crippen molar-refractivity contribution in [1.82, 2.24) is 10.2 Å². The highest BCUT2D eigenvalue weighted by atomic mass is 127. The van der Waals surface area contributed by atoms with Crippen LogP contribution in [0.15, 0.2) is 29.3 Å². The number of hydrogen-bond donors (Lipinski definition) is 1. The number of nitrogens with zero attached hydrogens (tertiary/aromatic N) is 3. The van der Waals surface area contributed by atoms with Gasteiger partial charge in [-0.15, -0.1) is 24.0 Å².